The number of para-hydroxylation sites is 1. The van der Waals surface area contributed by atoms with E-state index in [-0.39, 0.29) is 24.2 Å². The standard InChI is InChI=1S/C14H19F3N2O/c1-9(2)18-10(3)8-13(20)19-12-7-5-4-6-11(12)14(15,16)17/h4-7,9-10,18H,8H2,1-3H3,(H,19,20). The van der Waals surface area contributed by atoms with Crippen molar-refractivity contribution in [2.45, 2.75) is 45.5 Å². The molecule has 0 fully saturated rings. The maximum atomic E-state index is 12.8. The molecule has 0 aliphatic carbocycles. The Morgan fingerprint density at radius 1 is 1.20 bits per heavy atom. The second-order valence-corrected chi connectivity index (χ2v) is 5.02. The van der Waals surface area contributed by atoms with Gasteiger partial charge in [-0.25, -0.2) is 0 Å². The number of carbonyl (C=O) groups is 1. The summed E-state index contributed by atoms with van der Waals surface area (Å²) in [6, 6.07) is 5.06. The smallest absolute Gasteiger partial charge is 0.325 e. The van der Waals surface area contributed by atoms with Crippen LogP contribution in [0.3, 0.4) is 0 Å². The number of hydrogen-bond donors (Lipinski definition) is 2. The highest BCUT2D eigenvalue weighted by Gasteiger charge is 2.33. The van der Waals surface area contributed by atoms with Crippen molar-refractivity contribution in [3.8, 4) is 0 Å². The first-order valence-corrected chi connectivity index (χ1v) is 6.42. The Morgan fingerprint density at radius 3 is 2.35 bits per heavy atom. The molecule has 1 rings (SSSR count). The van der Waals surface area contributed by atoms with Crippen LogP contribution >= 0.6 is 0 Å². The van der Waals surface area contributed by atoms with Gasteiger partial charge in [0.1, 0.15) is 0 Å². The number of rotatable bonds is 5. The minimum absolute atomic E-state index is 0.104. The molecule has 0 saturated carbocycles. The van der Waals surface area contributed by atoms with Crippen molar-refractivity contribution < 1.29 is 18.0 Å². The van der Waals surface area contributed by atoms with Crippen LogP contribution in [0.2, 0.25) is 0 Å². The van der Waals surface area contributed by atoms with Gasteiger partial charge in [0, 0.05) is 18.5 Å². The lowest BCUT2D eigenvalue weighted by molar-refractivity contribution is -0.137. The van der Waals surface area contributed by atoms with E-state index >= 15 is 0 Å². The van der Waals surface area contributed by atoms with E-state index in [2.05, 4.69) is 10.6 Å². The van der Waals surface area contributed by atoms with Gasteiger partial charge in [-0.1, -0.05) is 26.0 Å². The fourth-order valence-corrected chi connectivity index (χ4v) is 1.95. The van der Waals surface area contributed by atoms with Gasteiger partial charge in [-0.2, -0.15) is 13.2 Å². The summed E-state index contributed by atoms with van der Waals surface area (Å²) >= 11 is 0. The van der Waals surface area contributed by atoms with E-state index in [0.29, 0.717) is 0 Å². The fraction of sp³-hybridized carbons (Fsp3) is 0.500. The van der Waals surface area contributed by atoms with Gasteiger partial charge in [-0.15, -0.1) is 0 Å². The van der Waals surface area contributed by atoms with E-state index in [9.17, 15) is 18.0 Å². The largest absolute Gasteiger partial charge is 0.418 e. The highest BCUT2D eigenvalue weighted by molar-refractivity contribution is 5.92. The van der Waals surface area contributed by atoms with Crippen LogP contribution in [0.4, 0.5) is 18.9 Å². The molecule has 0 heterocycles. The number of nitrogens with one attached hydrogen (secondary N) is 2. The number of carbonyl (C=O) groups excluding carboxylic acids is 1. The van der Waals surface area contributed by atoms with Crippen molar-refractivity contribution in [2.24, 2.45) is 0 Å². The van der Waals surface area contributed by atoms with Gasteiger partial charge in [0.25, 0.3) is 0 Å². The van der Waals surface area contributed by atoms with Gasteiger partial charge < -0.3 is 10.6 Å². The zero-order valence-corrected chi connectivity index (χ0v) is 11.7. The fourth-order valence-electron chi connectivity index (χ4n) is 1.95. The number of hydrogen-bond acceptors (Lipinski definition) is 2. The first-order valence-electron chi connectivity index (χ1n) is 6.42. The lowest BCUT2D eigenvalue weighted by atomic mass is 10.1. The predicted octanol–water partition coefficient (Wildman–Crippen LogP) is 3.42. The Bertz CT molecular complexity index is 458. The second kappa shape index (κ2) is 6.74. The van der Waals surface area contributed by atoms with Crippen LogP contribution in [-0.2, 0) is 11.0 Å². The summed E-state index contributed by atoms with van der Waals surface area (Å²) in [6.45, 7) is 5.69. The summed E-state index contributed by atoms with van der Waals surface area (Å²) in [6.07, 6.45) is -4.37. The van der Waals surface area contributed by atoms with Gasteiger partial charge in [-0.05, 0) is 19.1 Å². The maximum Gasteiger partial charge on any atom is 0.418 e. The maximum absolute atomic E-state index is 12.8. The summed E-state index contributed by atoms with van der Waals surface area (Å²) in [5.74, 6) is -0.442. The van der Waals surface area contributed by atoms with Gasteiger partial charge in [0.05, 0.1) is 11.3 Å². The zero-order valence-electron chi connectivity index (χ0n) is 11.7. The monoisotopic (exact) mass is 288 g/mol. The highest BCUT2D eigenvalue weighted by Crippen LogP contribution is 2.34. The van der Waals surface area contributed by atoms with E-state index < -0.39 is 17.6 Å². The molecule has 0 spiro atoms. The third-order valence-corrected chi connectivity index (χ3v) is 2.62. The minimum Gasteiger partial charge on any atom is -0.325 e. The molecular formula is C14H19F3N2O. The molecule has 0 aliphatic rings. The lowest BCUT2D eigenvalue weighted by Crippen LogP contribution is -2.35. The Morgan fingerprint density at radius 2 is 1.80 bits per heavy atom. The molecule has 0 radical (unpaired) electrons. The van der Waals surface area contributed by atoms with Crippen molar-refractivity contribution in [3.05, 3.63) is 29.8 Å². The van der Waals surface area contributed by atoms with Crippen molar-refractivity contribution in [1.29, 1.82) is 0 Å². The lowest BCUT2D eigenvalue weighted by Gasteiger charge is -2.17. The Balaban J connectivity index is 2.72. The summed E-state index contributed by atoms with van der Waals surface area (Å²) in [7, 11) is 0. The third-order valence-electron chi connectivity index (χ3n) is 2.62. The Kier molecular flexibility index (Phi) is 5.56. The molecule has 0 aliphatic heterocycles. The average Bonchev–Trinajstić information content (AvgIpc) is 2.26. The molecule has 1 aromatic rings. The van der Waals surface area contributed by atoms with Crippen molar-refractivity contribution in [1.82, 2.24) is 5.32 Å². The molecule has 1 atom stereocenters. The topological polar surface area (TPSA) is 41.1 Å². The number of alkyl halides is 3. The number of halogens is 3. The van der Waals surface area contributed by atoms with Gasteiger partial charge in [0.15, 0.2) is 0 Å². The molecule has 6 heteroatoms. The summed E-state index contributed by atoms with van der Waals surface area (Å²) in [5.41, 5.74) is -1.04. The van der Waals surface area contributed by atoms with Crippen molar-refractivity contribution in [2.75, 3.05) is 5.32 Å². The average molecular weight is 288 g/mol. The molecule has 1 aromatic carbocycles. The van der Waals surface area contributed by atoms with E-state index in [0.717, 1.165) is 6.07 Å². The van der Waals surface area contributed by atoms with Crippen molar-refractivity contribution in [3.63, 3.8) is 0 Å². The quantitative estimate of drug-likeness (QED) is 0.871. The summed E-state index contributed by atoms with van der Waals surface area (Å²) in [4.78, 5) is 11.8. The first-order chi connectivity index (χ1) is 9.20. The van der Waals surface area contributed by atoms with Crippen LogP contribution in [0.1, 0.15) is 32.8 Å². The van der Waals surface area contributed by atoms with E-state index in [1.165, 1.54) is 18.2 Å². The number of benzene rings is 1. The van der Waals surface area contributed by atoms with Gasteiger partial charge >= 0.3 is 6.18 Å². The number of amides is 1. The molecule has 20 heavy (non-hydrogen) atoms. The van der Waals surface area contributed by atoms with Crippen LogP contribution in [-0.4, -0.2) is 18.0 Å². The molecular weight excluding hydrogens is 269 g/mol. The SMILES string of the molecule is CC(C)NC(C)CC(=O)Nc1ccccc1C(F)(F)F. The molecule has 1 amide bonds. The third kappa shape index (κ3) is 5.21. The molecule has 0 aromatic heterocycles. The Labute approximate surface area is 116 Å². The molecule has 3 nitrogen and oxygen atoms in total. The minimum atomic E-state index is -4.48. The number of anilines is 1. The zero-order chi connectivity index (χ0) is 15.3. The molecule has 2 N–H and O–H groups in total. The summed E-state index contributed by atoms with van der Waals surface area (Å²) in [5, 5.41) is 5.44. The highest BCUT2D eigenvalue weighted by atomic mass is 19.4. The van der Waals surface area contributed by atoms with Crippen LogP contribution < -0.4 is 10.6 Å². The molecule has 112 valence electrons. The molecule has 1 unspecified atom stereocenters. The van der Waals surface area contributed by atoms with Crippen LogP contribution in [0.25, 0.3) is 0 Å². The Hall–Kier alpha value is -1.56. The van der Waals surface area contributed by atoms with Crippen LogP contribution in [0, 0.1) is 0 Å². The van der Waals surface area contributed by atoms with Crippen LogP contribution in [0.15, 0.2) is 24.3 Å². The first kappa shape index (κ1) is 16.5. The normalized spacial score (nSPS) is 13.3. The molecule has 0 bridgehead atoms. The predicted molar refractivity (Wildman–Crippen MR) is 72.4 cm³/mol. The van der Waals surface area contributed by atoms with E-state index in [1.807, 2.05) is 20.8 Å². The molecule has 0 saturated heterocycles. The van der Waals surface area contributed by atoms with E-state index in [4.69, 9.17) is 0 Å². The second-order valence-electron chi connectivity index (χ2n) is 5.02. The van der Waals surface area contributed by atoms with Crippen molar-refractivity contribution >= 4 is 11.6 Å². The van der Waals surface area contributed by atoms with E-state index in [1.54, 1.807) is 0 Å². The van der Waals surface area contributed by atoms with Gasteiger partial charge in [0.2, 0.25) is 5.91 Å². The van der Waals surface area contributed by atoms with Crippen LogP contribution in [0.5, 0.6) is 0 Å². The summed E-state index contributed by atoms with van der Waals surface area (Å²) < 4.78 is 38.3. The van der Waals surface area contributed by atoms with Gasteiger partial charge in [-0.3, -0.25) is 4.79 Å².